The highest BCUT2D eigenvalue weighted by molar-refractivity contribution is 5.59. The molecule has 2 aliphatic rings. The first-order chi connectivity index (χ1) is 16.5. The molecule has 0 N–H and O–H groups in total. The maximum absolute atomic E-state index is 11.4. The van der Waals surface area contributed by atoms with E-state index in [2.05, 4.69) is 33.8 Å². The highest BCUT2D eigenvalue weighted by atomic mass is 16.6. The number of benzene rings is 1. The summed E-state index contributed by atoms with van der Waals surface area (Å²) in [6, 6.07) is 9.34. The minimum Gasteiger partial charge on any atom is -0.379 e. The summed E-state index contributed by atoms with van der Waals surface area (Å²) < 4.78 is 11.4. The minimum absolute atomic E-state index is 0.105. The lowest BCUT2D eigenvalue weighted by molar-refractivity contribution is -0.384. The highest BCUT2D eigenvalue weighted by Crippen LogP contribution is 2.28. The number of nitro groups is 1. The van der Waals surface area contributed by atoms with Crippen molar-refractivity contribution in [1.82, 2.24) is 9.88 Å². The molecule has 1 aromatic heterocycles. The Bertz CT molecular complexity index is 952. The van der Waals surface area contributed by atoms with Crippen molar-refractivity contribution in [2.24, 2.45) is 0 Å². The Morgan fingerprint density at radius 3 is 2.47 bits per heavy atom. The van der Waals surface area contributed by atoms with Gasteiger partial charge in [0.25, 0.3) is 5.69 Å². The second-order valence-electron chi connectivity index (χ2n) is 9.05. The molecule has 2 aliphatic heterocycles. The van der Waals surface area contributed by atoms with Crippen LogP contribution in [0.25, 0.3) is 0 Å². The van der Waals surface area contributed by atoms with Gasteiger partial charge >= 0.3 is 0 Å². The number of nitro benzene ring substituents is 1. The van der Waals surface area contributed by atoms with E-state index in [1.165, 1.54) is 5.56 Å². The molecule has 0 bridgehead atoms. The Hall–Kier alpha value is -2.75. The van der Waals surface area contributed by atoms with E-state index in [9.17, 15) is 10.1 Å². The van der Waals surface area contributed by atoms with Crippen LogP contribution in [0.4, 0.5) is 17.2 Å². The number of pyridine rings is 1. The van der Waals surface area contributed by atoms with E-state index >= 15 is 0 Å². The number of morpholine rings is 1. The molecular weight excluding hydrogens is 434 g/mol. The number of hydrogen-bond acceptors (Lipinski definition) is 8. The van der Waals surface area contributed by atoms with Gasteiger partial charge < -0.3 is 19.3 Å². The summed E-state index contributed by atoms with van der Waals surface area (Å²) in [5, 5.41) is 11.4. The van der Waals surface area contributed by atoms with E-state index in [0.717, 1.165) is 88.2 Å². The van der Waals surface area contributed by atoms with Crippen LogP contribution in [0.3, 0.4) is 0 Å². The smallest absolute Gasteiger partial charge is 0.269 e. The normalized spacial score (nSPS) is 17.2. The third-order valence-corrected chi connectivity index (χ3v) is 6.43. The second-order valence-corrected chi connectivity index (χ2v) is 9.05. The van der Waals surface area contributed by atoms with Gasteiger partial charge in [-0.3, -0.25) is 15.0 Å². The lowest BCUT2D eigenvalue weighted by Gasteiger charge is -2.37. The molecule has 0 unspecified atom stereocenters. The zero-order chi connectivity index (χ0) is 23.9. The molecule has 2 saturated heterocycles. The Balaban J connectivity index is 1.35. The number of rotatable bonds is 9. The molecule has 0 aliphatic carbocycles. The lowest BCUT2D eigenvalue weighted by Crippen LogP contribution is -2.47. The molecule has 0 amide bonds. The fourth-order valence-electron chi connectivity index (χ4n) is 4.67. The molecule has 0 atom stereocenters. The topological polar surface area (TPSA) is 84.2 Å². The van der Waals surface area contributed by atoms with Crippen LogP contribution in [-0.4, -0.2) is 80.4 Å². The zero-order valence-corrected chi connectivity index (χ0v) is 20.2. The van der Waals surface area contributed by atoms with Crippen LogP contribution in [0.2, 0.25) is 0 Å². The van der Waals surface area contributed by atoms with E-state index < -0.39 is 0 Å². The summed E-state index contributed by atoms with van der Waals surface area (Å²) >= 11 is 0. The number of non-ortho nitro benzene ring substituents is 1. The minimum atomic E-state index is -0.338. The van der Waals surface area contributed by atoms with Gasteiger partial charge in [0, 0.05) is 81.5 Å². The predicted molar refractivity (Wildman–Crippen MR) is 133 cm³/mol. The van der Waals surface area contributed by atoms with Crippen molar-refractivity contribution in [2.45, 2.75) is 26.9 Å². The summed E-state index contributed by atoms with van der Waals surface area (Å²) in [6.45, 7) is 13.0. The maximum atomic E-state index is 11.4. The molecule has 34 heavy (non-hydrogen) atoms. The van der Waals surface area contributed by atoms with Gasteiger partial charge in [-0.05, 0) is 44.0 Å². The van der Waals surface area contributed by atoms with Crippen LogP contribution >= 0.6 is 0 Å². The Kier molecular flexibility index (Phi) is 8.31. The standard InChI is InChI=1S/C25H35N5O4/c1-20-16-21(2)26-25(17-20)29-9-7-28(8-10-29)24-5-4-23(30(31)32)18-22(24)19-34-13-3-6-27-11-14-33-15-12-27/h4-5,16-18H,3,6-15,19H2,1-2H3. The Morgan fingerprint density at radius 1 is 1.03 bits per heavy atom. The van der Waals surface area contributed by atoms with Gasteiger partial charge in [-0.15, -0.1) is 0 Å². The quantitative estimate of drug-likeness (QED) is 0.315. The first-order valence-corrected chi connectivity index (χ1v) is 12.1. The molecule has 9 heteroatoms. The molecule has 4 rings (SSSR count). The van der Waals surface area contributed by atoms with Gasteiger partial charge in [0.15, 0.2) is 0 Å². The summed E-state index contributed by atoms with van der Waals surface area (Å²) in [7, 11) is 0. The molecule has 0 radical (unpaired) electrons. The number of nitrogens with zero attached hydrogens (tertiary/aromatic N) is 5. The van der Waals surface area contributed by atoms with E-state index in [4.69, 9.17) is 14.5 Å². The first-order valence-electron chi connectivity index (χ1n) is 12.1. The van der Waals surface area contributed by atoms with E-state index in [1.54, 1.807) is 12.1 Å². The van der Waals surface area contributed by atoms with Crippen LogP contribution in [0.5, 0.6) is 0 Å². The fourth-order valence-corrected chi connectivity index (χ4v) is 4.67. The molecule has 2 aromatic rings. The van der Waals surface area contributed by atoms with Crippen molar-refractivity contribution in [1.29, 1.82) is 0 Å². The van der Waals surface area contributed by atoms with Crippen LogP contribution in [0.15, 0.2) is 30.3 Å². The van der Waals surface area contributed by atoms with Gasteiger partial charge in [0.1, 0.15) is 5.82 Å². The zero-order valence-electron chi connectivity index (χ0n) is 20.2. The van der Waals surface area contributed by atoms with Crippen molar-refractivity contribution in [3.05, 3.63) is 57.3 Å². The predicted octanol–water partition coefficient (Wildman–Crippen LogP) is 3.17. The van der Waals surface area contributed by atoms with Gasteiger partial charge in [-0.1, -0.05) is 0 Å². The maximum Gasteiger partial charge on any atom is 0.269 e. The number of anilines is 2. The van der Waals surface area contributed by atoms with Crippen molar-refractivity contribution >= 4 is 17.2 Å². The van der Waals surface area contributed by atoms with Gasteiger partial charge in [0.05, 0.1) is 24.7 Å². The van der Waals surface area contributed by atoms with E-state index in [1.807, 2.05) is 13.0 Å². The second kappa shape index (κ2) is 11.6. The molecule has 9 nitrogen and oxygen atoms in total. The average Bonchev–Trinajstić information content (AvgIpc) is 2.84. The largest absolute Gasteiger partial charge is 0.379 e. The summed E-state index contributed by atoms with van der Waals surface area (Å²) in [5.74, 6) is 1.02. The molecule has 2 fully saturated rings. The highest BCUT2D eigenvalue weighted by Gasteiger charge is 2.22. The summed E-state index contributed by atoms with van der Waals surface area (Å²) in [5.41, 5.74) is 4.24. The van der Waals surface area contributed by atoms with Crippen molar-refractivity contribution in [2.75, 3.05) is 75.4 Å². The fraction of sp³-hybridized carbons (Fsp3) is 0.560. The number of aromatic nitrogens is 1. The average molecular weight is 470 g/mol. The number of aryl methyl sites for hydroxylation is 2. The number of ether oxygens (including phenoxy) is 2. The van der Waals surface area contributed by atoms with E-state index in [0.29, 0.717) is 13.2 Å². The Labute approximate surface area is 201 Å². The van der Waals surface area contributed by atoms with Crippen molar-refractivity contribution in [3.63, 3.8) is 0 Å². The van der Waals surface area contributed by atoms with Crippen LogP contribution in [0, 0.1) is 24.0 Å². The summed E-state index contributed by atoms with van der Waals surface area (Å²) in [6.07, 6.45) is 0.936. The SMILES string of the molecule is Cc1cc(C)nc(N2CCN(c3ccc([N+](=O)[O-])cc3COCCCN3CCOCC3)CC2)c1. The van der Waals surface area contributed by atoms with Gasteiger partial charge in [0.2, 0.25) is 0 Å². The van der Waals surface area contributed by atoms with Gasteiger partial charge in [-0.25, -0.2) is 4.98 Å². The van der Waals surface area contributed by atoms with Crippen LogP contribution < -0.4 is 9.80 Å². The first kappa shape index (κ1) is 24.4. The van der Waals surface area contributed by atoms with Crippen molar-refractivity contribution < 1.29 is 14.4 Å². The molecule has 184 valence electrons. The monoisotopic (exact) mass is 469 g/mol. The lowest BCUT2D eigenvalue weighted by atomic mass is 10.1. The van der Waals surface area contributed by atoms with Gasteiger partial charge in [-0.2, -0.15) is 0 Å². The van der Waals surface area contributed by atoms with E-state index in [-0.39, 0.29) is 10.6 Å². The molecular formula is C25H35N5O4. The molecule has 0 saturated carbocycles. The molecule has 0 spiro atoms. The third-order valence-electron chi connectivity index (χ3n) is 6.43. The van der Waals surface area contributed by atoms with Crippen LogP contribution in [0.1, 0.15) is 23.2 Å². The number of piperazine rings is 1. The molecule has 1 aromatic carbocycles. The third kappa shape index (κ3) is 6.43. The van der Waals surface area contributed by atoms with Crippen LogP contribution in [-0.2, 0) is 16.1 Å². The van der Waals surface area contributed by atoms with Crippen molar-refractivity contribution in [3.8, 4) is 0 Å². The Morgan fingerprint density at radius 2 is 1.76 bits per heavy atom. The summed E-state index contributed by atoms with van der Waals surface area (Å²) in [4.78, 5) is 22.7. The molecule has 3 heterocycles. The number of hydrogen-bond donors (Lipinski definition) is 0.